The fourth-order valence-electron chi connectivity index (χ4n) is 3.99. The van der Waals surface area contributed by atoms with Crippen LogP contribution in [-0.4, -0.2) is 47.3 Å². The first-order chi connectivity index (χ1) is 12.7. The normalized spacial score (nSPS) is 18.6. The van der Waals surface area contributed by atoms with Gasteiger partial charge in [-0.15, -0.1) is 0 Å². The van der Waals surface area contributed by atoms with Gasteiger partial charge in [-0.25, -0.2) is 0 Å². The Kier molecular flexibility index (Phi) is 4.68. The Morgan fingerprint density at radius 1 is 1.31 bits per heavy atom. The maximum atomic E-state index is 12.7. The van der Waals surface area contributed by atoms with Crippen LogP contribution in [0.1, 0.15) is 36.6 Å². The number of rotatable bonds is 4. The van der Waals surface area contributed by atoms with Gasteiger partial charge >= 0.3 is 0 Å². The zero-order valence-electron chi connectivity index (χ0n) is 15.2. The van der Waals surface area contributed by atoms with Gasteiger partial charge < -0.3 is 14.4 Å². The molecule has 0 unspecified atom stereocenters. The number of ether oxygens (including phenoxy) is 2. The van der Waals surface area contributed by atoms with Crippen LogP contribution in [0, 0.1) is 0 Å². The van der Waals surface area contributed by atoms with Gasteiger partial charge in [0.15, 0.2) is 0 Å². The fourth-order valence-corrected chi connectivity index (χ4v) is 3.99. The van der Waals surface area contributed by atoms with Crippen LogP contribution in [0.5, 0.6) is 5.75 Å². The second-order valence-corrected chi connectivity index (χ2v) is 7.00. The van der Waals surface area contributed by atoms with E-state index >= 15 is 0 Å². The van der Waals surface area contributed by atoms with Crippen LogP contribution in [-0.2, 0) is 28.0 Å². The zero-order valence-corrected chi connectivity index (χ0v) is 15.2. The molecule has 26 heavy (non-hydrogen) atoms. The number of hydrogen-bond donors (Lipinski definition) is 1. The van der Waals surface area contributed by atoms with Crippen LogP contribution in [0.15, 0.2) is 30.5 Å². The number of amides is 1. The summed E-state index contributed by atoms with van der Waals surface area (Å²) in [4.78, 5) is 14.6. The number of carbonyl (C=O) groups is 1. The summed E-state index contributed by atoms with van der Waals surface area (Å²) < 4.78 is 11.6. The minimum Gasteiger partial charge on any atom is -0.494 e. The Bertz CT molecular complexity index is 761. The van der Waals surface area contributed by atoms with Gasteiger partial charge in [-0.3, -0.25) is 9.89 Å². The van der Waals surface area contributed by atoms with Crippen molar-refractivity contribution in [3.05, 3.63) is 47.3 Å². The standard InChI is InChI=1S/C20H25N3O3/c1-2-25-17-5-3-15(4-6-17)13-18(24)23-10-8-20(9-11-23)19-16(7-12-26-20)14-21-22-19/h3-6,14H,2,7-13H2,1H3,(H,21,22). The summed E-state index contributed by atoms with van der Waals surface area (Å²) >= 11 is 0. The molecule has 0 bridgehead atoms. The van der Waals surface area contributed by atoms with E-state index in [4.69, 9.17) is 9.47 Å². The molecule has 0 aliphatic carbocycles. The van der Waals surface area contributed by atoms with Crippen molar-refractivity contribution in [1.82, 2.24) is 15.1 Å². The summed E-state index contributed by atoms with van der Waals surface area (Å²) in [6.45, 7) is 4.77. The number of nitrogens with one attached hydrogen (secondary N) is 1. The van der Waals surface area contributed by atoms with E-state index in [0.717, 1.165) is 42.9 Å². The van der Waals surface area contributed by atoms with Gasteiger partial charge in [0.25, 0.3) is 0 Å². The summed E-state index contributed by atoms with van der Waals surface area (Å²) in [6.07, 6.45) is 4.88. The smallest absolute Gasteiger partial charge is 0.226 e. The van der Waals surface area contributed by atoms with Crippen molar-refractivity contribution in [2.75, 3.05) is 26.3 Å². The highest BCUT2D eigenvalue weighted by atomic mass is 16.5. The van der Waals surface area contributed by atoms with E-state index in [1.165, 1.54) is 5.56 Å². The van der Waals surface area contributed by atoms with Crippen molar-refractivity contribution >= 4 is 5.91 Å². The molecule has 1 spiro atoms. The van der Waals surface area contributed by atoms with Gasteiger partial charge in [0, 0.05) is 13.1 Å². The number of aromatic amines is 1. The van der Waals surface area contributed by atoms with Crippen molar-refractivity contribution in [3.8, 4) is 5.75 Å². The molecule has 138 valence electrons. The SMILES string of the molecule is CCOc1ccc(CC(=O)N2CCC3(CC2)OCCc2cn[nH]c23)cc1. The molecule has 3 heterocycles. The van der Waals surface area contributed by atoms with Gasteiger partial charge in [0.05, 0.1) is 31.5 Å². The Morgan fingerprint density at radius 3 is 2.81 bits per heavy atom. The molecule has 1 aromatic carbocycles. The molecule has 1 saturated heterocycles. The molecule has 2 aliphatic heterocycles. The van der Waals surface area contributed by atoms with Crippen molar-refractivity contribution in [3.63, 3.8) is 0 Å². The predicted molar refractivity (Wildman–Crippen MR) is 97.1 cm³/mol. The molecule has 0 radical (unpaired) electrons. The van der Waals surface area contributed by atoms with E-state index in [9.17, 15) is 4.79 Å². The van der Waals surface area contributed by atoms with Crippen LogP contribution in [0.3, 0.4) is 0 Å². The number of hydrogen-bond acceptors (Lipinski definition) is 4. The van der Waals surface area contributed by atoms with Crippen molar-refractivity contribution in [2.24, 2.45) is 0 Å². The minimum atomic E-state index is -0.292. The van der Waals surface area contributed by atoms with Crippen molar-refractivity contribution in [2.45, 2.75) is 38.2 Å². The van der Waals surface area contributed by atoms with E-state index in [1.54, 1.807) is 0 Å². The monoisotopic (exact) mass is 355 g/mol. The predicted octanol–water partition coefficient (Wildman–Crippen LogP) is 2.44. The number of aromatic nitrogens is 2. The van der Waals surface area contributed by atoms with Crippen molar-refractivity contribution in [1.29, 1.82) is 0 Å². The highest BCUT2D eigenvalue weighted by Crippen LogP contribution is 2.40. The molecule has 1 N–H and O–H groups in total. The van der Waals surface area contributed by atoms with Crippen LogP contribution in [0.25, 0.3) is 0 Å². The molecule has 2 aromatic rings. The topological polar surface area (TPSA) is 67.4 Å². The maximum Gasteiger partial charge on any atom is 0.226 e. The number of nitrogens with zero attached hydrogens (tertiary/aromatic N) is 2. The Labute approximate surface area is 153 Å². The molecule has 2 aliphatic rings. The van der Waals surface area contributed by atoms with Gasteiger partial charge in [0.1, 0.15) is 11.4 Å². The van der Waals surface area contributed by atoms with E-state index in [2.05, 4.69) is 10.2 Å². The number of benzene rings is 1. The highest BCUT2D eigenvalue weighted by molar-refractivity contribution is 5.79. The third-order valence-electron chi connectivity index (χ3n) is 5.44. The van der Waals surface area contributed by atoms with Crippen molar-refractivity contribution < 1.29 is 14.3 Å². The number of likely N-dealkylation sites (tertiary alicyclic amines) is 1. The van der Waals surface area contributed by atoms with E-state index in [0.29, 0.717) is 26.1 Å². The van der Waals surface area contributed by atoms with Crippen LogP contribution >= 0.6 is 0 Å². The summed E-state index contributed by atoms with van der Waals surface area (Å²) in [5.74, 6) is 1.01. The first kappa shape index (κ1) is 17.1. The van der Waals surface area contributed by atoms with E-state index in [-0.39, 0.29) is 11.5 Å². The number of fused-ring (bicyclic) bond motifs is 2. The largest absolute Gasteiger partial charge is 0.494 e. The molecule has 0 saturated carbocycles. The van der Waals surface area contributed by atoms with Crippen LogP contribution in [0.2, 0.25) is 0 Å². The number of piperidine rings is 1. The lowest BCUT2D eigenvalue weighted by Crippen LogP contribution is -2.48. The summed E-state index contributed by atoms with van der Waals surface area (Å²) in [6, 6.07) is 7.78. The lowest BCUT2D eigenvalue weighted by atomic mass is 9.83. The maximum absolute atomic E-state index is 12.7. The molecule has 1 amide bonds. The van der Waals surface area contributed by atoms with Gasteiger partial charge in [0.2, 0.25) is 5.91 Å². The first-order valence-electron chi connectivity index (χ1n) is 9.36. The lowest BCUT2D eigenvalue weighted by Gasteiger charge is -2.43. The molecule has 1 fully saturated rings. The lowest BCUT2D eigenvalue weighted by molar-refractivity contribution is -0.140. The number of carbonyl (C=O) groups excluding carboxylic acids is 1. The third-order valence-corrected chi connectivity index (χ3v) is 5.44. The molecule has 4 rings (SSSR count). The molecular weight excluding hydrogens is 330 g/mol. The fraction of sp³-hybridized carbons (Fsp3) is 0.500. The molecule has 0 atom stereocenters. The second kappa shape index (κ2) is 7.11. The van der Waals surface area contributed by atoms with Gasteiger partial charge in [-0.1, -0.05) is 12.1 Å². The second-order valence-electron chi connectivity index (χ2n) is 7.00. The Hall–Kier alpha value is -2.34. The molecule has 6 nitrogen and oxygen atoms in total. The Morgan fingerprint density at radius 2 is 2.08 bits per heavy atom. The molecule has 6 heteroatoms. The molecule has 1 aromatic heterocycles. The van der Waals surface area contributed by atoms with Crippen LogP contribution in [0.4, 0.5) is 0 Å². The summed E-state index contributed by atoms with van der Waals surface area (Å²) in [5, 5.41) is 7.32. The first-order valence-corrected chi connectivity index (χ1v) is 9.36. The minimum absolute atomic E-state index is 0.171. The number of H-pyrrole nitrogens is 1. The summed E-state index contributed by atoms with van der Waals surface area (Å²) in [7, 11) is 0. The van der Waals surface area contributed by atoms with Gasteiger partial charge in [-0.2, -0.15) is 5.10 Å². The Balaban J connectivity index is 1.37. The summed E-state index contributed by atoms with van der Waals surface area (Å²) in [5.41, 5.74) is 3.09. The average molecular weight is 355 g/mol. The van der Waals surface area contributed by atoms with Crippen LogP contribution < -0.4 is 4.74 Å². The molecular formula is C20H25N3O3. The zero-order chi connectivity index (χ0) is 18.0. The average Bonchev–Trinajstić information content (AvgIpc) is 3.15. The highest BCUT2D eigenvalue weighted by Gasteiger charge is 2.42. The van der Waals surface area contributed by atoms with E-state index in [1.807, 2.05) is 42.3 Å². The van der Waals surface area contributed by atoms with Gasteiger partial charge in [-0.05, 0) is 49.4 Å². The quantitative estimate of drug-likeness (QED) is 0.915. The van der Waals surface area contributed by atoms with E-state index < -0.39 is 0 Å². The third kappa shape index (κ3) is 3.21.